The monoisotopic (exact) mass is 314 g/mol. The van der Waals surface area contributed by atoms with E-state index in [-0.39, 0.29) is 27.3 Å². The molecule has 0 spiro atoms. The summed E-state index contributed by atoms with van der Waals surface area (Å²) in [4.78, 5) is 6.44. The Labute approximate surface area is 121 Å². The number of hydrogen-bond donors (Lipinski definition) is 1. The van der Waals surface area contributed by atoms with Crippen molar-refractivity contribution in [3.63, 3.8) is 0 Å². The van der Waals surface area contributed by atoms with Crippen LogP contribution in [0.1, 0.15) is 5.56 Å². The molecule has 2 nitrogen and oxygen atoms in total. The number of pyridine rings is 1. The fourth-order valence-electron chi connectivity index (χ4n) is 2.23. The molecule has 2 aromatic heterocycles. The van der Waals surface area contributed by atoms with Gasteiger partial charge in [-0.2, -0.15) is 13.2 Å². The molecule has 0 atom stereocenters. The maximum atomic E-state index is 13.3. The summed E-state index contributed by atoms with van der Waals surface area (Å²) in [5.41, 5.74) is -0.634. The standard InChI is InChI=1S/C14H7ClF4N2/c15-12-11(9-5-7(16)6-20-13(9)21-12)8-3-1-2-4-10(8)14(17,18)19/h1-6H,(H,20,21). The van der Waals surface area contributed by atoms with E-state index in [2.05, 4.69) is 9.97 Å². The van der Waals surface area contributed by atoms with Gasteiger partial charge in [0.2, 0.25) is 0 Å². The van der Waals surface area contributed by atoms with E-state index in [1.54, 1.807) is 0 Å². The van der Waals surface area contributed by atoms with E-state index in [0.29, 0.717) is 0 Å². The molecule has 0 fully saturated rings. The number of hydrogen-bond acceptors (Lipinski definition) is 1. The van der Waals surface area contributed by atoms with Gasteiger partial charge in [-0.25, -0.2) is 9.37 Å². The Morgan fingerprint density at radius 2 is 1.86 bits per heavy atom. The van der Waals surface area contributed by atoms with Crippen LogP contribution in [0, 0.1) is 5.82 Å². The molecule has 0 saturated carbocycles. The Morgan fingerprint density at radius 3 is 2.57 bits per heavy atom. The summed E-state index contributed by atoms with van der Waals surface area (Å²) in [5.74, 6) is -0.649. The lowest BCUT2D eigenvalue weighted by molar-refractivity contribution is -0.137. The van der Waals surface area contributed by atoms with Crippen molar-refractivity contribution in [2.24, 2.45) is 0 Å². The van der Waals surface area contributed by atoms with E-state index < -0.39 is 17.6 Å². The quantitative estimate of drug-likeness (QED) is 0.626. The van der Waals surface area contributed by atoms with Crippen LogP contribution in [0.3, 0.4) is 0 Å². The highest BCUT2D eigenvalue weighted by Gasteiger charge is 2.34. The molecule has 0 bridgehead atoms. The van der Waals surface area contributed by atoms with Gasteiger partial charge in [-0.3, -0.25) is 0 Å². The minimum atomic E-state index is -4.54. The number of aromatic amines is 1. The topological polar surface area (TPSA) is 28.7 Å². The predicted molar refractivity (Wildman–Crippen MR) is 71.5 cm³/mol. The highest BCUT2D eigenvalue weighted by atomic mass is 35.5. The number of fused-ring (bicyclic) bond motifs is 1. The number of aromatic nitrogens is 2. The highest BCUT2D eigenvalue weighted by Crippen LogP contribution is 2.42. The van der Waals surface area contributed by atoms with E-state index >= 15 is 0 Å². The fourth-order valence-corrected chi connectivity index (χ4v) is 2.52. The van der Waals surface area contributed by atoms with Gasteiger partial charge in [0.1, 0.15) is 16.6 Å². The van der Waals surface area contributed by atoms with Crippen LogP contribution in [-0.4, -0.2) is 9.97 Å². The summed E-state index contributed by atoms with van der Waals surface area (Å²) in [5, 5.41) is 0.191. The van der Waals surface area contributed by atoms with Crippen molar-refractivity contribution >= 4 is 22.6 Å². The van der Waals surface area contributed by atoms with Crippen LogP contribution < -0.4 is 0 Å². The van der Waals surface area contributed by atoms with Crippen LogP contribution in [0.4, 0.5) is 17.6 Å². The van der Waals surface area contributed by atoms with Crippen LogP contribution in [-0.2, 0) is 6.18 Å². The summed E-state index contributed by atoms with van der Waals surface area (Å²) in [6.45, 7) is 0. The molecule has 3 aromatic rings. The van der Waals surface area contributed by atoms with Crippen LogP contribution >= 0.6 is 11.6 Å². The second-order valence-electron chi connectivity index (χ2n) is 4.41. The largest absolute Gasteiger partial charge is 0.417 e. The molecule has 0 radical (unpaired) electrons. The summed E-state index contributed by atoms with van der Waals surface area (Å²) in [6.07, 6.45) is -3.57. The van der Waals surface area contributed by atoms with E-state index in [0.717, 1.165) is 18.3 Å². The van der Waals surface area contributed by atoms with Crippen LogP contribution in [0.15, 0.2) is 36.5 Å². The third-order valence-corrected chi connectivity index (χ3v) is 3.36. The van der Waals surface area contributed by atoms with Crippen LogP contribution in [0.2, 0.25) is 5.15 Å². The Bertz CT molecular complexity index is 823. The van der Waals surface area contributed by atoms with E-state index in [4.69, 9.17) is 11.6 Å². The lowest BCUT2D eigenvalue weighted by Gasteiger charge is -2.12. The number of alkyl halides is 3. The number of nitrogens with one attached hydrogen (secondary N) is 1. The molecule has 21 heavy (non-hydrogen) atoms. The minimum absolute atomic E-state index is 0.0141. The zero-order chi connectivity index (χ0) is 15.2. The lowest BCUT2D eigenvalue weighted by Crippen LogP contribution is -2.06. The molecule has 7 heteroatoms. The van der Waals surface area contributed by atoms with Gasteiger partial charge in [-0.15, -0.1) is 0 Å². The highest BCUT2D eigenvalue weighted by molar-refractivity contribution is 6.34. The van der Waals surface area contributed by atoms with Gasteiger partial charge in [0.15, 0.2) is 0 Å². The Morgan fingerprint density at radius 1 is 1.14 bits per heavy atom. The SMILES string of the molecule is Fc1cnc2[nH]c(Cl)c(-c3ccccc3C(F)(F)F)c2c1. The first-order valence-corrected chi connectivity index (χ1v) is 6.25. The zero-order valence-corrected chi connectivity index (χ0v) is 11.1. The summed E-state index contributed by atoms with van der Waals surface area (Å²) in [6, 6.07) is 6.10. The van der Waals surface area contributed by atoms with Crippen molar-refractivity contribution in [3.8, 4) is 11.1 Å². The van der Waals surface area contributed by atoms with E-state index in [1.807, 2.05) is 0 Å². The predicted octanol–water partition coefficient (Wildman–Crippen LogP) is 5.04. The Kier molecular flexibility index (Phi) is 3.13. The summed E-state index contributed by atoms with van der Waals surface area (Å²) < 4.78 is 52.7. The van der Waals surface area contributed by atoms with Crippen molar-refractivity contribution in [1.29, 1.82) is 0 Å². The van der Waals surface area contributed by atoms with Crippen molar-refractivity contribution in [2.75, 3.05) is 0 Å². The van der Waals surface area contributed by atoms with E-state index in [9.17, 15) is 17.6 Å². The molecular formula is C14H7ClF4N2. The molecule has 1 aromatic carbocycles. The Hall–Kier alpha value is -2.08. The van der Waals surface area contributed by atoms with Crippen molar-refractivity contribution in [1.82, 2.24) is 9.97 Å². The second kappa shape index (κ2) is 4.73. The van der Waals surface area contributed by atoms with Crippen molar-refractivity contribution < 1.29 is 17.6 Å². The molecule has 2 heterocycles. The molecule has 0 amide bonds. The van der Waals surface area contributed by atoms with Gasteiger partial charge in [-0.1, -0.05) is 29.8 Å². The van der Waals surface area contributed by atoms with Crippen molar-refractivity contribution in [2.45, 2.75) is 6.18 Å². The molecule has 1 N–H and O–H groups in total. The number of nitrogens with zero attached hydrogens (tertiary/aromatic N) is 1. The van der Waals surface area contributed by atoms with Gasteiger partial charge >= 0.3 is 6.18 Å². The van der Waals surface area contributed by atoms with Gasteiger partial charge in [0.25, 0.3) is 0 Å². The third kappa shape index (κ3) is 2.35. The van der Waals surface area contributed by atoms with Gasteiger partial charge in [0.05, 0.1) is 11.8 Å². The number of rotatable bonds is 1. The van der Waals surface area contributed by atoms with Crippen LogP contribution in [0.25, 0.3) is 22.2 Å². The number of benzene rings is 1. The minimum Gasteiger partial charge on any atom is -0.330 e. The molecule has 0 aliphatic heterocycles. The number of H-pyrrole nitrogens is 1. The molecule has 0 saturated heterocycles. The third-order valence-electron chi connectivity index (χ3n) is 3.07. The van der Waals surface area contributed by atoms with Gasteiger partial charge < -0.3 is 4.98 Å². The van der Waals surface area contributed by atoms with Gasteiger partial charge in [-0.05, 0) is 17.7 Å². The first-order chi connectivity index (χ1) is 9.88. The van der Waals surface area contributed by atoms with Crippen molar-refractivity contribution in [3.05, 3.63) is 53.1 Å². The zero-order valence-electron chi connectivity index (χ0n) is 10.3. The first-order valence-electron chi connectivity index (χ1n) is 5.87. The summed E-state index contributed by atoms with van der Waals surface area (Å²) in [7, 11) is 0. The molecule has 0 aliphatic rings. The lowest BCUT2D eigenvalue weighted by atomic mass is 9.99. The average Bonchev–Trinajstić information content (AvgIpc) is 2.73. The average molecular weight is 315 g/mol. The molecular weight excluding hydrogens is 308 g/mol. The molecule has 0 unspecified atom stereocenters. The first kappa shape index (κ1) is 13.9. The molecule has 0 aliphatic carbocycles. The normalized spacial score (nSPS) is 12.0. The number of halogens is 5. The molecule has 3 rings (SSSR count). The van der Waals surface area contributed by atoms with E-state index in [1.165, 1.54) is 18.2 Å². The summed E-state index contributed by atoms with van der Waals surface area (Å²) >= 11 is 5.99. The van der Waals surface area contributed by atoms with Crippen LogP contribution in [0.5, 0.6) is 0 Å². The smallest absolute Gasteiger partial charge is 0.330 e. The second-order valence-corrected chi connectivity index (χ2v) is 4.78. The maximum absolute atomic E-state index is 13.3. The van der Waals surface area contributed by atoms with Gasteiger partial charge in [0, 0.05) is 10.9 Å². The fraction of sp³-hybridized carbons (Fsp3) is 0.0714. The Balaban J connectivity index is 2.36. The molecule has 108 valence electrons. The maximum Gasteiger partial charge on any atom is 0.417 e.